The van der Waals surface area contributed by atoms with Crippen molar-refractivity contribution in [3.63, 3.8) is 0 Å². The van der Waals surface area contributed by atoms with E-state index < -0.39 is 0 Å². The van der Waals surface area contributed by atoms with Crippen molar-refractivity contribution in [2.45, 2.75) is 44.4 Å². The second-order valence-corrected chi connectivity index (χ2v) is 5.48. The summed E-state index contributed by atoms with van der Waals surface area (Å²) in [5.74, 6) is 1.57. The number of aryl methyl sites for hydroxylation is 1. The molecule has 3 rings (SSSR count). The van der Waals surface area contributed by atoms with E-state index in [0.29, 0.717) is 5.92 Å². The van der Waals surface area contributed by atoms with E-state index in [1.807, 2.05) is 4.90 Å². The Bertz CT molecular complexity index is 484. The van der Waals surface area contributed by atoms with Crippen molar-refractivity contribution in [2.75, 3.05) is 13.1 Å². The van der Waals surface area contributed by atoms with Crippen LogP contribution in [0.1, 0.15) is 48.6 Å². The van der Waals surface area contributed by atoms with Crippen molar-refractivity contribution < 1.29 is 9.32 Å². The molecule has 1 saturated heterocycles. The van der Waals surface area contributed by atoms with Gasteiger partial charge in [-0.25, -0.2) is 0 Å². The summed E-state index contributed by atoms with van der Waals surface area (Å²) >= 11 is 0. The van der Waals surface area contributed by atoms with Crippen molar-refractivity contribution in [1.82, 2.24) is 10.1 Å². The van der Waals surface area contributed by atoms with Gasteiger partial charge in [-0.3, -0.25) is 4.79 Å². The minimum Gasteiger partial charge on any atom is -0.361 e. The van der Waals surface area contributed by atoms with Crippen molar-refractivity contribution in [2.24, 2.45) is 0 Å². The maximum absolute atomic E-state index is 11.6. The Balaban J connectivity index is 1.70. The van der Waals surface area contributed by atoms with E-state index in [0.717, 1.165) is 44.5 Å². The molecule has 0 bridgehead atoms. The smallest absolute Gasteiger partial charge is 0.245 e. The molecule has 0 aromatic carbocycles. The van der Waals surface area contributed by atoms with Crippen LogP contribution < -0.4 is 0 Å². The minimum absolute atomic E-state index is 0.0399. The fraction of sp³-hybridized carbons (Fsp3) is 0.600. The van der Waals surface area contributed by atoms with Gasteiger partial charge in [0, 0.05) is 24.6 Å². The Kier molecular flexibility index (Phi) is 3.40. The van der Waals surface area contributed by atoms with Crippen LogP contribution in [0, 0.1) is 0 Å². The first-order valence-electron chi connectivity index (χ1n) is 7.18. The second-order valence-electron chi connectivity index (χ2n) is 5.48. The number of aromatic nitrogens is 1. The Morgan fingerprint density at radius 2 is 2.05 bits per heavy atom. The van der Waals surface area contributed by atoms with Gasteiger partial charge in [0.15, 0.2) is 0 Å². The second kappa shape index (κ2) is 5.19. The maximum Gasteiger partial charge on any atom is 0.245 e. The van der Waals surface area contributed by atoms with Gasteiger partial charge in [0.2, 0.25) is 5.91 Å². The normalized spacial score (nSPS) is 20.1. The highest BCUT2D eigenvalue weighted by atomic mass is 16.5. The third-order valence-corrected chi connectivity index (χ3v) is 4.34. The van der Waals surface area contributed by atoms with E-state index in [4.69, 9.17) is 4.52 Å². The molecule has 1 aliphatic heterocycles. The van der Waals surface area contributed by atoms with Gasteiger partial charge in [0.1, 0.15) is 5.76 Å². The van der Waals surface area contributed by atoms with Gasteiger partial charge in [-0.15, -0.1) is 0 Å². The van der Waals surface area contributed by atoms with Gasteiger partial charge in [-0.05, 0) is 44.6 Å². The molecule has 4 heteroatoms. The van der Waals surface area contributed by atoms with Crippen LogP contribution in [0.2, 0.25) is 0 Å². The van der Waals surface area contributed by atoms with Crippen LogP contribution in [-0.4, -0.2) is 29.1 Å². The number of piperidine rings is 1. The van der Waals surface area contributed by atoms with Gasteiger partial charge in [-0.1, -0.05) is 11.7 Å². The highest BCUT2D eigenvalue weighted by molar-refractivity contribution is 5.87. The largest absolute Gasteiger partial charge is 0.361 e. The number of amides is 1. The van der Waals surface area contributed by atoms with Crippen molar-refractivity contribution in [3.8, 4) is 0 Å². The average Bonchev–Trinajstić information content (AvgIpc) is 2.90. The fourth-order valence-electron chi connectivity index (χ4n) is 3.23. The minimum atomic E-state index is 0.0399. The van der Waals surface area contributed by atoms with Crippen LogP contribution in [0.4, 0.5) is 0 Å². The molecule has 1 fully saturated rings. The number of likely N-dealkylation sites (tertiary alicyclic amines) is 1. The molecule has 0 spiro atoms. The molecule has 1 amide bonds. The first-order chi connectivity index (χ1) is 9.29. The molecule has 0 saturated carbocycles. The van der Waals surface area contributed by atoms with Crippen molar-refractivity contribution >= 4 is 5.91 Å². The third-order valence-electron chi connectivity index (χ3n) is 4.34. The van der Waals surface area contributed by atoms with Crippen molar-refractivity contribution in [1.29, 1.82) is 0 Å². The lowest BCUT2D eigenvalue weighted by molar-refractivity contribution is -0.127. The third kappa shape index (κ3) is 2.31. The van der Waals surface area contributed by atoms with E-state index in [9.17, 15) is 4.79 Å². The highest BCUT2D eigenvalue weighted by Gasteiger charge is 2.29. The van der Waals surface area contributed by atoms with E-state index in [2.05, 4.69) is 11.7 Å². The lowest BCUT2D eigenvalue weighted by atomic mass is 9.87. The zero-order valence-corrected chi connectivity index (χ0v) is 11.2. The molecular weight excluding hydrogens is 240 g/mol. The number of hydrogen-bond acceptors (Lipinski definition) is 3. The first-order valence-corrected chi connectivity index (χ1v) is 7.18. The molecule has 4 nitrogen and oxygen atoms in total. The zero-order valence-electron chi connectivity index (χ0n) is 11.2. The summed E-state index contributed by atoms with van der Waals surface area (Å²) in [4.78, 5) is 13.4. The number of rotatable bonds is 2. The van der Waals surface area contributed by atoms with Gasteiger partial charge >= 0.3 is 0 Å². The summed E-state index contributed by atoms with van der Waals surface area (Å²) in [5, 5.41) is 4.23. The number of hydrogen-bond donors (Lipinski definition) is 0. The molecule has 0 unspecified atom stereocenters. The summed E-state index contributed by atoms with van der Waals surface area (Å²) in [5.41, 5.74) is 2.53. The van der Waals surface area contributed by atoms with Gasteiger partial charge < -0.3 is 9.42 Å². The fourth-order valence-corrected chi connectivity index (χ4v) is 3.23. The quantitative estimate of drug-likeness (QED) is 0.767. The SMILES string of the molecule is C=CC(=O)N1CCC(c2onc3c2CCCC3)CC1. The first kappa shape index (κ1) is 12.5. The van der Waals surface area contributed by atoms with E-state index in [1.54, 1.807) is 0 Å². The molecule has 0 N–H and O–H groups in total. The number of fused-ring (bicyclic) bond motifs is 1. The van der Waals surface area contributed by atoms with Crippen LogP contribution >= 0.6 is 0 Å². The van der Waals surface area contributed by atoms with Crippen LogP contribution in [0.25, 0.3) is 0 Å². The lowest BCUT2D eigenvalue weighted by Gasteiger charge is -2.30. The Labute approximate surface area is 113 Å². The molecule has 2 heterocycles. The Morgan fingerprint density at radius 1 is 1.32 bits per heavy atom. The molecule has 2 aliphatic rings. The predicted octanol–water partition coefficient (Wildman–Crippen LogP) is 2.45. The Hall–Kier alpha value is -1.58. The summed E-state index contributed by atoms with van der Waals surface area (Å²) in [6, 6.07) is 0. The van der Waals surface area contributed by atoms with Crippen LogP contribution in [0.3, 0.4) is 0 Å². The number of nitrogens with zero attached hydrogens (tertiary/aromatic N) is 2. The molecular formula is C15H20N2O2. The Morgan fingerprint density at radius 3 is 2.79 bits per heavy atom. The van der Waals surface area contributed by atoms with Gasteiger partial charge in [0.05, 0.1) is 5.69 Å². The zero-order chi connectivity index (χ0) is 13.2. The predicted molar refractivity (Wildman–Crippen MR) is 71.9 cm³/mol. The van der Waals surface area contributed by atoms with E-state index in [1.165, 1.54) is 30.2 Å². The molecule has 0 radical (unpaired) electrons. The monoisotopic (exact) mass is 260 g/mol. The van der Waals surface area contributed by atoms with E-state index in [-0.39, 0.29) is 5.91 Å². The lowest BCUT2D eigenvalue weighted by Crippen LogP contribution is -2.36. The number of carbonyl (C=O) groups is 1. The summed E-state index contributed by atoms with van der Waals surface area (Å²) in [6.07, 6.45) is 7.99. The average molecular weight is 260 g/mol. The molecule has 1 aliphatic carbocycles. The standard InChI is InChI=1S/C15H20N2O2/c1-2-14(18)17-9-7-11(8-10-17)15-12-5-3-4-6-13(12)16-19-15/h2,11H,1,3-10H2. The summed E-state index contributed by atoms with van der Waals surface area (Å²) in [7, 11) is 0. The summed E-state index contributed by atoms with van der Waals surface area (Å²) < 4.78 is 5.61. The van der Waals surface area contributed by atoms with Crippen LogP contribution in [0.15, 0.2) is 17.2 Å². The van der Waals surface area contributed by atoms with Gasteiger partial charge in [-0.2, -0.15) is 0 Å². The summed E-state index contributed by atoms with van der Waals surface area (Å²) in [6.45, 7) is 5.14. The molecule has 1 aromatic heterocycles. The maximum atomic E-state index is 11.6. The number of carbonyl (C=O) groups excluding carboxylic acids is 1. The molecule has 102 valence electrons. The highest BCUT2D eigenvalue weighted by Crippen LogP contribution is 2.34. The topological polar surface area (TPSA) is 46.3 Å². The van der Waals surface area contributed by atoms with Crippen LogP contribution in [-0.2, 0) is 17.6 Å². The molecule has 0 atom stereocenters. The van der Waals surface area contributed by atoms with Gasteiger partial charge in [0.25, 0.3) is 0 Å². The molecule has 19 heavy (non-hydrogen) atoms. The van der Waals surface area contributed by atoms with E-state index >= 15 is 0 Å². The van der Waals surface area contributed by atoms with Crippen LogP contribution in [0.5, 0.6) is 0 Å². The van der Waals surface area contributed by atoms with Crippen molar-refractivity contribution in [3.05, 3.63) is 29.7 Å². The molecule has 1 aromatic rings.